The van der Waals surface area contributed by atoms with E-state index >= 15 is 0 Å². The summed E-state index contributed by atoms with van der Waals surface area (Å²) in [6, 6.07) is 4.90. The van der Waals surface area contributed by atoms with Crippen molar-refractivity contribution in [1.29, 1.82) is 0 Å². The molecular formula is C13H15BrN4O2S. The van der Waals surface area contributed by atoms with Crippen LogP contribution in [0.3, 0.4) is 0 Å². The molecule has 2 aromatic rings. The first kappa shape index (κ1) is 15.7. The van der Waals surface area contributed by atoms with Gasteiger partial charge in [-0.05, 0) is 47.5 Å². The van der Waals surface area contributed by atoms with Gasteiger partial charge in [-0.25, -0.2) is 18.4 Å². The van der Waals surface area contributed by atoms with Crippen molar-refractivity contribution < 1.29 is 8.42 Å². The molecule has 8 heteroatoms. The van der Waals surface area contributed by atoms with Gasteiger partial charge in [0.2, 0.25) is 0 Å². The van der Waals surface area contributed by atoms with Crippen LogP contribution < -0.4 is 10.0 Å². The number of halogens is 1. The number of sulfonamides is 1. The zero-order valence-electron chi connectivity index (χ0n) is 11.6. The lowest BCUT2D eigenvalue weighted by Gasteiger charge is -2.12. The van der Waals surface area contributed by atoms with Gasteiger partial charge in [-0.1, -0.05) is 6.07 Å². The van der Waals surface area contributed by atoms with Crippen LogP contribution in [-0.2, 0) is 10.0 Å². The van der Waals surface area contributed by atoms with Crippen molar-refractivity contribution >= 4 is 37.6 Å². The number of nitrogens with zero attached hydrogens (tertiary/aromatic N) is 2. The molecule has 0 unspecified atom stereocenters. The number of hydrogen-bond acceptors (Lipinski definition) is 5. The Hall–Kier alpha value is -1.67. The Morgan fingerprint density at radius 2 is 2.00 bits per heavy atom. The maximum atomic E-state index is 12.5. The molecule has 0 spiro atoms. The van der Waals surface area contributed by atoms with Crippen LogP contribution in [0.5, 0.6) is 0 Å². The highest BCUT2D eigenvalue weighted by Crippen LogP contribution is 2.24. The fourth-order valence-corrected chi connectivity index (χ4v) is 3.30. The molecule has 112 valence electrons. The second-order valence-corrected chi connectivity index (χ2v) is 6.92. The summed E-state index contributed by atoms with van der Waals surface area (Å²) in [4.78, 5) is 8.21. The topological polar surface area (TPSA) is 84.0 Å². The maximum Gasteiger partial charge on any atom is 0.266 e. The first-order valence-electron chi connectivity index (χ1n) is 6.27. The molecule has 2 rings (SSSR count). The van der Waals surface area contributed by atoms with Gasteiger partial charge in [0.15, 0.2) is 0 Å². The van der Waals surface area contributed by atoms with Gasteiger partial charge in [-0.3, -0.25) is 4.72 Å². The number of nitrogens with one attached hydrogen (secondary N) is 2. The molecule has 0 aromatic carbocycles. The van der Waals surface area contributed by atoms with Gasteiger partial charge in [-0.2, -0.15) is 0 Å². The molecule has 6 nitrogen and oxygen atoms in total. The van der Waals surface area contributed by atoms with Crippen molar-refractivity contribution in [2.45, 2.75) is 18.7 Å². The normalized spacial score (nSPS) is 11.2. The van der Waals surface area contributed by atoms with E-state index in [9.17, 15) is 8.42 Å². The number of pyridine rings is 2. The Morgan fingerprint density at radius 1 is 1.24 bits per heavy atom. The van der Waals surface area contributed by atoms with Crippen LogP contribution >= 0.6 is 15.9 Å². The van der Waals surface area contributed by atoms with E-state index in [0.29, 0.717) is 16.8 Å². The summed E-state index contributed by atoms with van der Waals surface area (Å²) >= 11 is 3.24. The van der Waals surface area contributed by atoms with Crippen molar-refractivity contribution in [2.24, 2.45) is 0 Å². The van der Waals surface area contributed by atoms with Gasteiger partial charge in [0.05, 0.1) is 0 Å². The maximum absolute atomic E-state index is 12.5. The molecule has 0 aliphatic rings. The minimum atomic E-state index is -3.77. The van der Waals surface area contributed by atoms with E-state index in [1.165, 1.54) is 6.07 Å². The Labute approximate surface area is 132 Å². The SMILES string of the molecule is CCNc1ncc(Br)cc1S(=O)(=O)Nc1ccc(C)cn1. The van der Waals surface area contributed by atoms with Crippen LogP contribution in [0.4, 0.5) is 11.6 Å². The van der Waals surface area contributed by atoms with E-state index in [4.69, 9.17) is 0 Å². The Morgan fingerprint density at radius 3 is 2.62 bits per heavy atom. The highest BCUT2D eigenvalue weighted by atomic mass is 79.9. The van der Waals surface area contributed by atoms with Gasteiger partial charge < -0.3 is 5.32 Å². The second-order valence-electron chi connectivity index (χ2n) is 4.36. The molecule has 2 heterocycles. The second kappa shape index (κ2) is 6.40. The first-order valence-corrected chi connectivity index (χ1v) is 8.55. The fourth-order valence-electron chi connectivity index (χ4n) is 1.65. The molecular weight excluding hydrogens is 356 g/mol. The van der Waals surface area contributed by atoms with Crippen molar-refractivity contribution in [3.63, 3.8) is 0 Å². The van der Waals surface area contributed by atoms with E-state index in [1.807, 2.05) is 13.8 Å². The van der Waals surface area contributed by atoms with Gasteiger partial charge in [0.1, 0.15) is 16.5 Å². The third kappa shape index (κ3) is 3.92. The highest BCUT2D eigenvalue weighted by molar-refractivity contribution is 9.10. The van der Waals surface area contributed by atoms with Crippen LogP contribution in [0.15, 0.2) is 40.0 Å². The summed E-state index contributed by atoms with van der Waals surface area (Å²) in [6.45, 7) is 4.32. The number of rotatable bonds is 5. The summed E-state index contributed by atoms with van der Waals surface area (Å²) in [5, 5.41) is 2.93. The van der Waals surface area contributed by atoms with Crippen LogP contribution in [0.1, 0.15) is 12.5 Å². The largest absolute Gasteiger partial charge is 0.369 e. The Balaban J connectivity index is 2.39. The van der Waals surface area contributed by atoms with Crippen LogP contribution in [0, 0.1) is 6.92 Å². The summed E-state index contributed by atoms with van der Waals surface area (Å²) in [5.41, 5.74) is 0.954. The predicted octanol–water partition coefficient (Wildman–Crippen LogP) is 2.78. The zero-order chi connectivity index (χ0) is 15.5. The van der Waals surface area contributed by atoms with E-state index in [-0.39, 0.29) is 10.7 Å². The van der Waals surface area contributed by atoms with Crippen molar-refractivity contribution in [3.05, 3.63) is 40.6 Å². The van der Waals surface area contributed by atoms with E-state index in [1.54, 1.807) is 24.5 Å². The molecule has 0 radical (unpaired) electrons. The predicted molar refractivity (Wildman–Crippen MR) is 85.9 cm³/mol. The van der Waals surface area contributed by atoms with E-state index in [0.717, 1.165) is 5.56 Å². The molecule has 0 amide bonds. The molecule has 21 heavy (non-hydrogen) atoms. The lowest BCUT2D eigenvalue weighted by atomic mass is 10.3. The molecule has 0 saturated heterocycles. The third-order valence-corrected chi connectivity index (χ3v) is 4.41. The smallest absolute Gasteiger partial charge is 0.266 e. The van der Waals surface area contributed by atoms with E-state index in [2.05, 4.69) is 35.9 Å². The average Bonchev–Trinajstić information content (AvgIpc) is 2.43. The number of aryl methyl sites for hydroxylation is 1. The molecule has 0 saturated carbocycles. The van der Waals surface area contributed by atoms with Crippen molar-refractivity contribution in [2.75, 3.05) is 16.6 Å². The number of hydrogen-bond donors (Lipinski definition) is 2. The first-order chi connectivity index (χ1) is 9.92. The monoisotopic (exact) mass is 370 g/mol. The number of aromatic nitrogens is 2. The molecule has 0 fully saturated rings. The Bertz CT molecular complexity index is 732. The van der Waals surface area contributed by atoms with E-state index < -0.39 is 10.0 Å². The number of anilines is 2. The van der Waals surface area contributed by atoms with Gasteiger partial charge in [0, 0.05) is 23.4 Å². The molecule has 2 N–H and O–H groups in total. The minimum Gasteiger partial charge on any atom is -0.369 e. The fraction of sp³-hybridized carbons (Fsp3) is 0.231. The van der Waals surface area contributed by atoms with Crippen LogP contribution in [-0.4, -0.2) is 24.9 Å². The van der Waals surface area contributed by atoms with Gasteiger partial charge in [-0.15, -0.1) is 0 Å². The molecule has 0 atom stereocenters. The molecule has 0 aliphatic heterocycles. The third-order valence-electron chi connectivity index (χ3n) is 2.60. The van der Waals surface area contributed by atoms with Crippen LogP contribution in [0.25, 0.3) is 0 Å². The molecule has 0 aliphatic carbocycles. The average molecular weight is 371 g/mol. The Kier molecular flexibility index (Phi) is 4.79. The standard InChI is InChI=1S/C13H15BrN4O2S/c1-3-15-13-11(6-10(14)8-17-13)21(19,20)18-12-5-4-9(2)7-16-12/h4-8H,3H2,1-2H3,(H,15,17)(H,16,18). The minimum absolute atomic E-state index is 0.0705. The summed E-state index contributed by atoms with van der Waals surface area (Å²) in [6.07, 6.45) is 3.14. The van der Waals surface area contributed by atoms with Crippen LogP contribution in [0.2, 0.25) is 0 Å². The van der Waals surface area contributed by atoms with Crippen molar-refractivity contribution in [1.82, 2.24) is 9.97 Å². The quantitative estimate of drug-likeness (QED) is 0.845. The highest BCUT2D eigenvalue weighted by Gasteiger charge is 2.20. The zero-order valence-corrected chi connectivity index (χ0v) is 14.0. The van der Waals surface area contributed by atoms with Crippen molar-refractivity contribution in [3.8, 4) is 0 Å². The molecule has 2 aromatic heterocycles. The summed E-state index contributed by atoms with van der Waals surface area (Å²) in [7, 11) is -3.77. The summed E-state index contributed by atoms with van der Waals surface area (Å²) in [5.74, 6) is 0.573. The lowest BCUT2D eigenvalue weighted by Crippen LogP contribution is -2.17. The van der Waals surface area contributed by atoms with Gasteiger partial charge >= 0.3 is 0 Å². The summed E-state index contributed by atoms with van der Waals surface area (Å²) < 4.78 is 28.0. The lowest BCUT2D eigenvalue weighted by molar-refractivity contribution is 0.601. The molecule has 0 bridgehead atoms. The van der Waals surface area contributed by atoms with Gasteiger partial charge in [0.25, 0.3) is 10.0 Å².